The standard InChI is InChI=1S/C19H22F3N3S/c20-19(21,22)15-3-1-14(2-4-15)17-24-16(12-26-17)11-25-10-7-18(13-25)5-8-23-9-6-18/h1-4,12,23H,5-11,13H2. The van der Waals surface area contributed by atoms with E-state index in [0.717, 1.165) is 61.1 Å². The highest BCUT2D eigenvalue weighted by atomic mass is 32.1. The molecule has 2 aromatic rings. The highest BCUT2D eigenvalue weighted by molar-refractivity contribution is 7.13. The molecule has 2 aliphatic heterocycles. The van der Waals surface area contributed by atoms with E-state index in [1.165, 1.54) is 42.7 Å². The van der Waals surface area contributed by atoms with Crippen LogP contribution in [0.2, 0.25) is 0 Å². The molecule has 7 heteroatoms. The van der Waals surface area contributed by atoms with Gasteiger partial charge in [0.1, 0.15) is 5.01 Å². The number of aromatic nitrogens is 1. The number of hydrogen-bond donors (Lipinski definition) is 1. The van der Waals surface area contributed by atoms with Crippen molar-refractivity contribution in [3.05, 3.63) is 40.9 Å². The Kier molecular flexibility index (Phi) is 4.79. The molecule has 2 saturated heterocycles. The van der Waals surface area contributed by atoms with Gasteiger partial charge in [0.05, 0.1) is 11.3 Å². The number of alkyl halides is 3. The average Bonchev–Trinajstić information content (AvgIpc) is 3.23. The normalized spacial score (nSPS) is 20.7. The largest absolute Gasteiger partial charge is 0.416 e. The number of thiazole rings is 1. The van der Waals surface area contributed by atoms with E-state index in [4.69, 9.17) is 0 Å². The highest BCUT2D eigenvalue weighted by Gasteiger charge is 2.38. The van der Waals surface area contributed by atoms with Crippen LogP contribution in [0.15, 0.2) is 29.6 Å². The summed E-state index contributed by atoms with van der Waals surface area (Å²) < 4.78 is 38.0. The third-order valence-corrected chi connectivity index (χ3v) is 6.52. The fourth-order valence-corrected chi connectivity index (χ4v) is 4.89. The SMILES string of the molecule is FC(F)(F)c1ccc(-c2nc(CN3CCC4(CCNCC4)C3)cs2)cc1. The summed E-state index contributed by atoms with van der Waals surface area (Å²) in [5, 5.41) is 6.25. The summed E-state index contributed by atoms with van der Waals surface area (Å²) in [5.41, 5.74) is 1.60. The van der Waals surface area contributed by atoms with Crippen LogP contribution in [-0.2, 0) is 12.7 Å². The minimum absolute atomic E-state index is 0.470. The van der Waals surface area contributed by atoms with Gasteiger partial charge < -0.3 is 5.32 Å². The molecular formula is C19H22F3N3S. The van der Waals surface area contributed by atoms with Crippen LogP contribution in [0.4, 0.5) is 13.2 Å². The Morgan fingerprint density at radius 2 is 1.85 bits per heavy atom. The maximum Gasteiger partial charge on any atom is 0.416 e. The van der Waals surface area contributed by atoms with Gasteiger partial charge in [-0.05, 0) is 56.4 Å². The van der Waals surface area contributed by atoms with Crippen LogP contribution in [0, 0.1) is 5.41 Å². The minimum Gasteiger partial charge on any atom is -0.317 e. The monoisotopic (exact) mass is 381 g/mol. The van der Waals surface area contributed by atoms with Gasteiger partial charge in [-0.15, -0.1) is 11.3 Å². The summed E-state index contributed by atoms with van der Waals surface area (Å²) in [6.07, 6.45) is -0.549. The van der Waals surface area contributed by atoms with Crippen molar-refractivity contribution in [3.63, 3.8) is 0 Å². The van der Waals surface area contributed by atoms with Crippen molar-refractivity contribution in [2.75, 3.05) is 26.2 Å². The van der Waals surface area contributed by atoms with E-state index < -0.39 is 11.7 Å². The van der Waals surface area contributed by atoms with Crippen molar-refractivity contribution >= 4 is 11.3 Å². The van der Waals surface area contributed by atoms with Crippen molar-refractivity contribution in [3.8, 4) is 10.6 Å². The van der Waals surface area contributed by atoms with E-state index in [9.17, 15) is 13.2 Å². The zero-order chi connectivity index (χ0) is 18.2. The van der Waals surface area contributed by atoms with Crippen LogP contribution in [0.5, 0.6) is 0 Å². The molecule has 1 aromatic carbocycles. The molecule has 1 N–H and O–H groups in total. The second kappa shape index (κ2) is 6.94. The van der Waals surface area contributed by atoms with Gasteiger partial charge in [-0.1, -0.05) is 12.1 Å². The van der Waals surface area contributed by atoms with Gasteiger partial charge >= 0.3 is 6.18 Å². The second-order valence-corrected chi connectivity index (χ2v) is 8.29. The molecule has 0 atom stereocenters. The molecular weight excluding hydrogens is 359 g/mol. The van der Waals surface area contributed by atoms with Crippen molar-refractivity contribution in [1.29, 1.82) is 0 Å². The smallest absolute Gasteiger partial charge is 0.317 e. The molecule has 0 amide bonds. The fourth-order valence-electron chi connectivity index (χ4n) is 4.07. The number of hydrogen-bond acceptors (Lipinski definition) is 4. The Balaban J connectivity index is 1.41. The van der Waals surface area contributed by atoms with E-state index >= 15 is 0 Å². The third kappa shape index (κ3) is 3.80. The summed E-state index contributed by atoms with van der Waals surface area (Å²) in [6, 6.07) is 5.26. The number of halogens is 3. The minimum atomic E-state index is -4.30. The quantitative estimate of drug-likeness (QED) is 0.854. The molecule has 4 rings (SSSR count). The number of likely N-dealkylation sites (tertiary alicyclic amines) is 1. The Morgan fingerprint density at radius 1 is 1.12 bits per heavy atom. The maximum absolute atomic E-state index is 12.7. The summed E-state index contributed by atoms with van der Waals surface area (Å²) in [4.78, 5) is 7.12. The molecule has 0 unspecified atom stereocenters. The Hall–Kier alpha value is -1.44. The lowest BCUT2D eigenvalue weighted by molar-refractivity contribution is -0.137. The van der Waals surface area contributed by atoms with Gasteiger partial charge in [-0.3, -0.25) is 4.90 Å². The van der Waals surface area contributed by atoms with E-state index in [-0.39, 0.29) is 0 Å². The van der Waals surface area contributed by atoms with E-state index in [1.807, 2.05) is 5.38 Å². The molecule has 140 valence electrons. The van der Waals surface area contributed by atoms with Crippen LogP contribution in [0.3, 0.4) is 0 Å². The lowest BCUT2D eigenvalue weighted by atomic mass is 9.78. The second-order valence-electron chi connectivity index (χ2n) is 7.43. The molecule has 3 nitrogen and oxygen atoms in total. The van der Waals surface area contributed by atoms with Gasteiger partial charge in [0, 0.05) is 24.0 Å². The average molecular weight is 381 g/mol. The number of benzene rings is 1. The lowest BCUT2D eigenvalue weighted by Crippen LogP contribution is -2.38. The molecule has 3 heterocycles. The summed E-state index contributed by atoms with van der Waals surface area (Å²) in [5.74, 6) is 0. The third-order valence-electron chi connectivity index (χ3n) is 5.58. The molecule has 0 bridgehead atoms. The van der Waals surface area contributed by atoms with Crippen molar-refractivity contribution in [1.82, 2.24) is 15.2 Å². The first-order valence-electron chi connectivity index (χ1n) is 8.99. The molecule has 1 aromatic heterocycles. The van der Waals surface area contributed by atoms with Crippen LogP contribution < -0.4 is 5.32 Å². The number of piperidine rings is 1. The number of nitrogens with zero attached hydrogens (tertiary/aromatic N) is 2. The molecule has 2 aliphatic rings. The molecule has 0 radical (unpaired) electrons. The van der Waals surface area contributed by atoms with Gasteiger partial charge in [-0.2, -0.15) is 13.2 Å². The zero-order valence-electron chi connectivity index (χ0n) is 14.5. The number of nitrogens with one attached hydrogen (secondary N) is 1. The molecule has 0 aliphatic carbocycles. The first-order valence-corrected chi connectivity index (χ1v) is 9.87. The topological polar surface area (TPSA) is 28.2 Å². The van der Waals surface area contributed by atoms with Gasteiger partial charge in [0.15, 0.2) is 0 Å². The predicted molar refractivity (Wildman–Crippen MR) is 97.0 cm³/mol. The van der Waals surface area contributed by atoms with Crippen molar-refractivity contribution < 1.29 is 13.2 Å². The molecule has 2 fully saturated rings. The Labute approximate surface area is 155 Å². The predicted octanol–water partition coefficient (Wildman–Crippen LogP) is 4.40. The lowest BCUT2D eigenvalue weighted by Gasteiger charge is -2.33. The zero-order valence-corrected chi connectivity index (χ0v) is 15.3. The van der Waals surface area contributed by atoms with Gasteiger partial charge in [0.25, 0.3) is 0 Å². The Morgan fingerprint density at radius 3 is 2.54 bits per heavy atom. The molecule has 1 spiro atoms. The molecule has 26 heavy (non-hydrogen) atoms. The van der Waals surface area contributed by atoms with Gasteiger partial charge in [0.2, 0.25) is 0 Å². The fraction of sp³-hybridized carbons (Fsp3) is 0.526. The first-order chi connectivity index (χ1) is 12.4. The van der Waals surface area contributed by atoms with E-state index in [2.05, 4.69) is 15.2 Å². The van der Waals surface area contributed by atoms with Crippen LogP contribution in [-0.4, -0.2) is 36.1 Å². The maximum atomic E-state index is 12.7. The van der Waals surface area contributed by atoms with Crippen LogP contribution in [0.25, 0.3) is 10.6 Å². The van der Waals surface area contributed by atoms with E-state index in [1.54, 1.807) is 0 Å². The highest BCUT2D eigenvalue weighted by Crippen LogP contribution is 2.39. The van der Waals surface area contributed by atoms with Crippen LogP contribution in [0.1, 0.15) is 30.5 Å². The summed E-state index contributed by atoms with van der Waals surface area (Å²) >= 11 is 1.50. The van der Waals surface area contributed by atoms with Crippen molar-refractivity contribution in [2.24, 2.45) is 5.41 Å². The van der Waals surface area contributed by atoms with Gasteiger partial charge in [-0.25, -0.2) is 4.98 Å². The summed E-state index contributed by atoms with van der Waals surface area (Å²) in [7, 11) is 0. The molecule has 0 saturated carbocycles. The first kappa shape index (κ1) is 17.9. The van der Waals surface area contributed by atoms with Crippen molar-refractivity contribution in [2.45, 2.75) is 32.0 Å². The number of rotatable bonds is 3. The van der Waals surface area contributed by atoms with E-state index in [0.29, 0.717) is 5.41 Å². The van der Waals surface area contributed by atoms with Crippen LogP contribution >= 0.6 is 11.3 Å². The Bertz CT molecular complexity index is 748. The summed E-state index contributed by atoms with van der Waals surface area (Å²) in [6.45, 7) is 5.28.